The number of aromatic nitrogens is 2. The largest absolute Gasteiger partial charge is 0.411 e. The van der Waals surface area contributed by atoms with Gasteiger partial charge in [0.1, 0.15) is 0 Å². The second kappa shape index (κ2) is 5.33. The van der Waals surface area contributed by atoms with Gasteiger partial charge in [-0.3, -0.25) is 4.79 Å². The Hall–Kier alpha value is -2.33. The third kappa shape index (κ3) is 2.87. The zero-order chi connectivity index (χ0) is 13.0. The molecule has 1 heterocycles. The normalized spacial score (nSPS) is 9.94. The Balaban J connectivity index is 2.13. The highest BCUT2D eigenvalue weighted by Crippen LogP contribution is 2.22. The second-order valence-electron chi connectivity index (χ2n) is 3.32. The summed E-state index contributed by atoms with van der Waals surface area (Å²) in [6.07, 6.45) is 0. The van der Waals surface area contributed by atoms with Gasteiger partial charge in [0.15, 0.2) is 0 Å². The van der Waals surface area contributed by atoms with Crippen LogP contribution in [0.25, 0.3) is 11.5 Å². The van der Waals surface area contributed by atoms with Crippen molar-refractivity contribution in [2.75, 3.05) is 5.75 Å². The number of nitriles is 1. The summed E-state index contributed by atoms with van der Waals surface area (Å²) in [6, 6.07) is 8.78. The zero-order valence-electron chi connectivity index (χ0n) is 9.16. The summed E-state index contributed by atoms with van der Waals surface area (Å²) < 4.78 is 5.34. The molecular formula is C11H8N4O2S. The van der Waals surface area contributed by atoms with E-state index < -0.39 is 5.91 Å². The van der Waals surface area contributed by atoms with Crippen LogP contribution in [0.3, 0.4) is 0 Å². The molecule has 0 aliphatic carbocycles. The van der Waals surface area contributed by atoms with E-state index in [2.05, 4.69) is 10.2 Å². The molecule has 0 unspecified atom stereocenters. The third-order valence-corrected chi connectivity index (χ3v) is 2.85. The van der Waals surface area contributed by atoms with Gasteiger partial charge in [-0.25, -0.2) is 0 Å². The fourth-order valence-corrected chi connectivity index (χ4v) is 1.71. The van der Waals surface area contributed by atoms with Crippen LogP contribution in [0.4, 0.5) is 0 Å². The molecule has 7 heteroatoms. The van der Waals surface area contributed by atoms with Gasteiger partial charge in [-0.2, -0.15) is 5.26 Å². The zero-order valence-corrected chi connectivity index (χ0v) is 9.98. The highest BCUT2D eigenvalue weighted by molar-refractivity contribution is 7.99. The minimum Gasteiger partial charge on any atom is -0.411 e. The van der Waals surface area contributed by atoms with Gasteiger partial charge in [0.05, 0.1) is 17.4 Å². The average molecular weight is 260 g/mol. The molecule has 1 aromatic carbocycles. The van der Waals surface area contributed by atoms with Crippen molar-refractivity contribution in [3.05, 3.63) is 29.8 Å². The predicted octanol–water partition coefficient (Wildman–Crippen LogP) is 1.19. The van der Waals surface area contributed by atoms with Crippen molar-refractivity contribution in [1.29, 1.82) is 5.26 Å². The Bertz CT molecular complexity index is 600. The van der Waals surface area contributed by atoms with Gasteiger partial charge >= 0.3 is 0 Å². The van der Waals surface area contributed by atoms with Gasteiger partial charge in [0.2, 0.25) is 11.8 Å². The first-order valence-electron chi connectivity index (χ1n) is 4.94. The van der Waals surface area contributed by atoms with Crippen molar-refractivity contribution in [3.8, 4) is 17.5 Å². The summed E-state index contributed by atoms with van der Waals surface area (Å²) in [5.41, 5.74) is 6.28. The van der Waals surface area contributed by atoms with E-state index in [-0.39, 0.29) is 11.0 Å². The maximum atomic E-state index is 10.6. The molecule has 0 radical (unpaired) electrons. The minimum absolute atomic E-state index is 0.0923. The number of rotatable bonds is 4. The molecule has 1 aromatic heterocycles. The van der Waals surface area contributed by atoms with Crippen LogP contribution >= 0.6 is 11.8 Å². The number of amides is 1. The molecule has 0 saturated carbocycles. The van der Waals surface area contributed by atoms with Crippen molar-refractivity contribution < 1.29 is 9.21 Å². The third-order valence-electron chi connectivity index (χ3n) is 2.01. The Morgan fingerprint density at radius 3 is 2.72 bits per heavy atom. The van der Waals surface area contributed by atoms with E-state index in [9.17, 15) is 4.79 Å². The first-order chi connectivity index (χ1) is 8.69. The molecule has 6 nitrogen and oxygen atoms in total. The molecule has 2 aromatic rings. The van der Waals surface area contributed by atoms with Crippen molar-refractivity contribution in [2.24, 2.45) is 5.73 Å². The van der Waals surface area contributed by atoms with Crippen LogP contribution in [0.5, 0.6) is 0 Å². The number of hydrogen-bond donors (Lipinski definition) is 1. The lowest BCUT2D eigenvalue weighted by molar-refractivity contribution is -0.115. The SMILES string of the molecule is N#Cc1ccc(-c2nnc(SCC(N)=O)o2)cc1. The van der Waals surface area contributed by atoms with E-state index in [0.29, 0.717) is 17.0 Å². The lowest BCUT2D eigenvalue weighted by atomic mass is 10.1. The first kappa shape index (κ1) is 12.1. The number of nitrogens with zero attached hydrogens (tertiary/aromatic N) is 3. The second-order valence-corrected chi connectivity index (χ2v) is 4.24. The molecule has 0 bridgehead atoms. The monoisotopic (exact) mass is 260 g/mol. The standard InChI is InChI=1S/C11H8N4O2S/c12-5-7-1-3-8(4-2-7)10-14-15-11(17-10)18-6-9(13)16/h1-4H,6H2,(H2,13,16). The van der Waals surface area contributed by atoms with Gasteiger partial charge in [0, 0.05) is 5.56 Å². The van der Waals surface area contributed by atoms with Crippen LogP contribution in [0, 0.1) is 11.3 Å². The number of benzene rings is 1. The fourth-order valence-electron chi connectivity index (χ4n) is 1.20. The Labute approximate surface area is 107 Å². The van der Waals surface area contributed by atoms with Crippen molar-refractivity contribution in [3.63, 3.8) is 0 Å². The van der Waals surface area contributed by atoms with E-state index >= 15 is 0 Å². The van der Waals surface area contributed by atoms with Crippen LogP contribution in [0.1, 0.15) is 5.56 Å². The Kier molecular flexibility index (Phi) is 3.60. The average Bonchev–Trinajstić information content (AvgIpc) is 2.85. The maximum absolute atomic E-state index is 10.6. The van der Waals surface area contributed by atoms with Gasteiger partial charge in [-0.15, -0.1) is 10.2 Å². The highest BCUT2D eigenvalue weighted by atomic mass is 32.2. The Morgan fingerprint density at radius 1 is 1.39 bits per heavy atom. The van der Waals surface area contributed by atoms with Crippen molar-refractivity contribution in [1.82, 2.24) is 10.2 Å². The molecular weight excluding hydrogens is 252 g/mol. The van der Waals surface area contributed by atoms with E-state index in [0.717, 1.165) is 11.8 Å². The number of carbonyl (C=O) groups is 1. The van der Waals surface area contributed by atoms with Crippen LogP contribution in [-0.2, 0) is 4.79 Å². The van der Waals surface area contributed by atoms with E-state index in [1.807, 2.05) is 6.07 Å². The van der Waals surface area contributed by atoms with Gasteiger partial charge in [-0.1, -0.05) is 11.8 Å². The molecule has 0 aliphatic rings. The lowest BCUT2D eigenvalue weighted by Gasteiger charge is -1.94. The quantitative estimate of drug-likeness (QED) is 0.827. The first-order valence-corrected chi connectivity index (χ1v) is 5.93. The summed E-state index contributed by atoms with van der Waals surface area (Å²) in [6.45, 7) is 0. The smallest absolute Gasteiger partial charge is 0.277 e. The summed E-state index contributed by atoms with van der Waals surface area (Å²) in [5, 5.41) is 16.6. The number of hydrogen-bond acceptors (Lipinski definition) is 6. The molecule has 1 amide bonds. The summed E-state index contributed by atoms with van der Waals surface area (Å²) in [4.78, 5) is 10.6. The van der Waals surface area contributed by atoms with E-state index in [1.54, 1.807) is 24.3 Å². The highest BCUT2D eigenvalue weighted by Gasteiger charge is 2.09. The summed E-state index contributed by atoms with van der Waals surface area (Å²) in [5.74, 6) is -0.0146. The lowest BCUT2D eigenvalue weighted by Crippen LogP contribution is -2.12. The van der Waals surface area contributed by atoms with Crippen LogP contribution in [0.15, 0.2) is 33.9 Å². The number of primary amides is 1. The van der Waals surface area contributed by atoms with E-state index in [1.165, 1.54) is 0 Å². The molecule has 0 fully saturated rings. The summed E-state index contributed by atoms with van der Waals surface area (Å²) >= 11 is 1.08. The van der Waals surface area contributed by atoms with Crippen molar-refractivity contribution >= 4 is 17.7 Å². The molecule has 2 N–H and O–H groups in total. The molecule has 18 heavy (non-hydrogen) atoms. The topological polar surface area (TPSA) is 106 Å². The van der Waals surface area contributed by atoms with Crippen LogP contribution in [0.2, 0.25) is 0 Å². The molecule has 0 saturated heterocycles. The number of thioether (sulfide) groups is 1. The van der Waals surface area contributed by atoms with Gasteiger partial charge in [0.25, 0.3) is 5.22 Å². The molecule has 0 aliphatic heterocycles. The Morgan fingerprint density at radius 2 is 2.11 bits per heavy atom. The summed E-state index contributed by atoms with van der Waals surface area (Å²) in [7, 11) is 0. The molecule has 0 spiro atoms. The van der Waals surface area contributed by atoms with Crippen LogP contribution in [-0.4, -0.2) is 21.9 Å². The van der Waals surface area contributed by atoms with Crippen molar-refractivity contribution in [2.45, 2.75) is 5.22 Å². The molecule has 0 atom stereocenters. The number of carbonyl (C=O) groups excluding carboxylic acids is 1. The maximum Gasteiger partial charge on any atom is 0.277 e. The van der Waals surface area contributed by atoms with Gasteiger partial charge in [-0.05, 0) is 24.3 Å². The fraction of sp³-hybridized carbons (Fsp3) is 0.0909. The molecule has 90 valence electrons. The molecule has 2 rings (SSSR count). The van der Waals surface area contributed by atoms with E-state index in [4.69, 9.17) is 15.4 Å². The van der Waals surface area contributed by atoms with Gasteiger partial charge < -0.3 is 10.2 Å². The predicted molar refractivity (Wildman–Crippen MR) is 64.4 cm³/mol. The minimum atomic E-state index is -0.446. The number of nitrogens with two attached hydrogens (primary N) is 1. The van der Waals surface area contributed by atoms with Crippen LogP contribution < -0.4 is 5.73 Å².